The van der Waals surface area contributed by atoms with Gasteiger partial charge in [-0.1, -0.05) is 6.07 Å². The highest BCUT2D eigenvalue weighted by molar-refractivity contribution is 7.89. The van der Waals surface area contributed by atoms with E-state index in [1.807, 2.05) is 36.9 Å². The molecule has 1 aliphatic rings. The van der Waals surface area contributed by atoms with E-state index < -0.39 is 10.0 Å². The first-order chi connectivity index (χ1) is 10.5. The molecule has 2 aromatic rings. The molecule has 1 aromatic carbocycles. The minimum Gasteiger partial charge on any atom is -0.270 e. The molecule has 1 fully saturated rings. The molecular weight excluding hydrogens is 298 g/mol. The quantitative estimate of drug-likeness (QED) is 0.873. The summed E-state index contributed by atoms with van der Waals surface area (Å²) in [5, 5.41) is 4.26. The lowest BCUT2D eigenvalue weighted by molar-refractivity contribution is 0.261. The van der Waals surface area contributed by atoms with Crippen molar-refractivity contribution in [1.29, 1.82) is 0 Å². The molecule has 3 rings (SSSR count). The van der Waals surface area contributed by atoms with Crippen LogP contribution < -0.4 is 0 Å². The van der Waals surface area contributed by atoms with Crippen molar-refractivity contribution in [2.24, 2.45) is 0 Å². The van der Waals surface area contributed by atoms with Crippen LogP contribution in [-0.4, -0.2) is 35.6 Å². The van der Waals surface area contributed by atoms with Gasteiger partial charge in [-0.05, 0) is 56.0 Å². The first kappa shape index (κ1) is 15.2. The number of sulfonamides is 1. The fourth-order valence-corrected chi connectivity index (χ4v) is 4.42. The predicted octanol–water partition coefficient (Wildman–Crippen LogP) is 2.53. The van der Waals surface area contributed by atoms with Crippen LogP contribution in [0.2, 0.25) is 0 Å². The van der Waals surface area contributed by atoms with Gasteiger partial charge < -0.3 is 0 Å². The summed E-state index contributed by atoms with van der Waals surface area (Å²) in [7, 11) is -3.39. The van der Waals surface area contributed by atoms with Crippen molar-refractivity contribution in [2.45, 2.75) is 37.6 Å². The van der Waals surface area contributed by atoms with Gasteiger partial charge in [0.05, 0.1) is 10.9 Å². The van der Waals surface area contributed by atoms with Crippen LogP contribution in [0.4, 0.5) is 0 Å². The molecule has 22 heavy (non-hydrogen) atoms. The summed E-state index contributed by atoms with van der Waals surface area (Å²) < 4.78 is 29.0. The minimum atomic E-state index is -3.39. The van der Waals surface area contributed by atoms with Gasteiger partial charge in [0, 0.05) is 25.5 Å². The number of benzene rings is 1. The number of nitrogens with zero attached hydrogens (tertiary/aromatic N) is 3. The van der Waals surface area contributed by atoms with E-state index in [1.54, 1.807) is 22.6 Å². The molecule has 1 aromatic heterocycles. The summed E-state index contributed by atoms with van der Waals surface area (Å²) >= 11 is 0. The SMILES string of the molecule is Cc1ccc(S(=O)(=O)N2CCC(n3cccn3)CC2)cc1C. The molecule has 0 unspecified atom stereocenters. The molecule has 0 N–H and O–H groups in total. The van der Waals surface area contributed by atoms with Crippen molar-refractivity contribution < 1.29 is 8.42 Å². The van der Waals surface area contributed by atoms with Gasteiger partial charge in [-0.3, -0.25) is 4.68 Å². The Labute approximate surface area is 131 Å². The third kappa shape index (κ3) is 2.80. The molecule has 5 nitrogen and oxygen atoms in total. The Bertz CT molecular complexity index is 746. The lowest BCUT2D eigenvalue weighted by Crippen LogP contribution is -2.39. The van der Waals surface area contributed by atoms with Crippen LogP contribution in [0.15, 0.2) is 41.6 Å². The summed E-state index contributed by atoms with van der Waals surface area (Å²) in [5.41, 5.74) is 2.11. The third-order valence-corrected chi connectivity index (χ3v) is 6.33. The fraction of sp³-hybridized carbons (Fsp3) is 0.438. The fourth-order valence-electron chi connectivity index (χ4n) is 2.87. The van der Waals surface area contributed by atoms with Gasteiger partial charge in [-0.15, -0.1) is 0 Å². The van der Waals surface area contributed by atoms with Crippen LogP contribution in [0.3, 0.4) is 0 Å². The number of piperidine rings is 1. The first-order valence-corrected chi connectivity index (χ1v) is 8.99. The molecule has 1 saturated heterocycles. The second kappa shape index (κ2) is 5.85. The van der Waals surface area contributed by atoms with Crippen molar-refractivity contribution >= 4 is 10.0 Å². The zero-order chi connectivity index (χ0) is 15.7. The molecular formula is C16H21N3O2S. The van der Waals surface area contributed by atoms with Crippen molar-refractivity contribution in [3.8, 4) is 0 Å². The molecule has 0 amide bonds. The van der Waals surface area contributed by atoms with E-state index in [4.69, 9.17) is 0 Å². The van der Waals surface area contributed by atoms with Crippen molar-refractivity contribution in [3.05, 3.63) is 47.8 Å². The molecule has 2 heterocycles. The lowest BCUT2D eigenvalue weighted by Gasteiger charge is -2.31. The van der Waals surface area contributed by atoms with E-state index in [2.05, 4.69) is 5.10 Å². The molecule has 0 aliphatic carbocycles. The molecule has 0 bridgehead atoms. The van der Waals surface area contributed by atoms with Crippen LogP contribution in [0.25, 0.3) is 0 Å². The number of hydrogen-bond donors (Lipinski definition) is 0. The van der Waals surface area contributed by atoms with E-state index in [-0.39, 0.29) is 0 Å². The van der Waals surface area contributed by atoms with Gasteiger partial charge in [0.2, 0.25) is 10.0 Å². The van der Waals surface area contributed by atoms with Crippen LogP contribution >= 0.6 is 0 Å². The average Bonchev–Trinajstić information content (AvgIpc) is 3.04. The Kier molecular flexibility index (Phi) is 4.06. The largest absolute Gasteiger partial charge is 0.270 e. The second-order valence-corrected chi connectivity index (χ2v) is 7.81. The first-order valence-electron chi connectivity index (χ1n) is 7.55. The summed E-state index contributed by atoms with van der Waals surface area (Å²) in [5.74, 6) is 0. The maximum Gasteiger partial charge on any atom is 0.243 e. The molecule has 1 aliphatic heterocycles. The molecule has 0 atom stereocenters. The smallest absolute Gasteiger partial charge is 0.243 e. The normalized spacial score (nSPS) is 17.7. The highest BCUT2D eigenvalue weighted by atomic mass is 32.2. The summed E-state index contributed by atoms with van der Waals surface area (Å²) in [6.45, 7) is 5.01. The molecule has 0 saturated carbocycles. The van der Waals surface area contributed by atoms with Gasteiger partial charge in [-0.25, -0.2) is 8.42 Å². The third-order valence-electron chi connectivity index (χ3n) is 4.44. The summed E-state index contributed by atoms with van der Waals surface area (Å²) in [6, 6.07) is 7.54. The Balaban J connectivity index is 1.75. The average molecular weight is 319 g/mol. The molecule has 118 valence electrons. The molecule has 6 heteroatoms. The zero-order valence-corrected chi connectivity index (χ0v) is 13.8. The van der Waals surface area contributed by atoms with Crippen LogP contribution in [0, 0.1) is 13.8 Å². The molecule has 0 radical (unpaired) electrons. The highest BCUT2D eigenvalue weighted by Crippen LogP contribution is 2.27. The van der Waals surface area contributed by atoms with Gasteiger partial charge in [-0.2, -0.15) is 9.40 Å². The monoisotopic (exact) mass is 319 g/mol. The van der Waals surface area contributed by atoms with E-state index in [0.717, 1.165) is 24.0 Å². The highest BCUT2D eigenvalue weighted by Gasteiger charge is 2.30. The van der Waals surface area contributed by atoms with E-state index in [0.29, 0.717) is 24.0 Å². The topological polar surface area (TPSA) is 55.2 Å². The Morgan fingerprint density at radius 2 is 1.86 bits per heavy atom. The van der Waals surface area contributed by atoms with Gasteiger partial charge >= 0.3 is 0 Å². The van der Waals surface area contributed by atoms with Crippen molar-refractivity contribution in [2.75, 3.05) is 13.1 Å². The van der Waals surface area contributed by atoms with Gasteiger partial charge in [0.1, 0.15) is 0 Å². The van der Waals surface area contributed by atoms with Crippen molar-refractivity contribution in [3.63, 3.8) is 0 Å². The second-order valence-electron chi connectivity index (χ2n) is 5.87. The zero-order valence-electron chi connectivity index (χ0n) is 12.9. The summed E-state index contributed by atoms with van der Waals surface area (Å²) in [4.78, 5) is 0.396. The van der Waals surface area contributed by atoms with Crippen LogP contribution in [-0.2, 0) is 10.0 Å². The number of aromatic nitrogens is 2. The van der Waals surface area contributed by atoms with Gasteiger partial charge in [0.15, 0.2) is 0 Å². The standard InChI is InChI=1S/C16H21N3O2S/c1-13-4-5-16(12-14(13)2)22(20,21)18-10-6-15(7-11-18)19-9-3-8-17-19/h3-5,8-9,12,15H,6-7,10-11H2,1-2H3. The van der Waals surface area contributed by atoms with Crippen LogP contribution in [0.1, 0.15) is 30.0 Å². The number of rotatable bonds is 3. The number of aryl methyl sites for hydroxylation is 2. The predicted molar refractivity (Wildman–Crippen MR) is 85.2 cm³/mol. The Hall–Kier alpha value is -1.66. The maximum absolute atomic E-state index is 12.7. The summed E-state index contributed by atoms with van der Waals surface area (Å²) in [6.07, 6.45) is 5.30. The van der Waals surface area contributed by atoms with E-state index >= 15 is 0 Å². The number of hydrogen-bond acceptors (Lipinski definition) is 3. The maximum atomic E-state index is 12.7. The Morgan fingerprint density at radius 1 is 1.14 bits per heavy atom. The Morgan fingerprint density at radius 3 is 2.45 bits per heavy atom. The van der Waals surface area contributed by atoms with Crippen molar-refractivity contribution in [1.82, 2.24) is 14.1 Å². The van der Waals surface area contributed by atoms with Gasteiger partial charge in [0.25, 0.3) is 0 Å². The van der Waals surface area contributed by atoms with E-state index in [9.17, 15) is 8.42 Å². The molecule has 0 spiro atoms. The lowest BCUT2D eigenvalue weighted by atomic mass is 10.1. The minimum absolute atomic E-state index is 0.293. The van der Waals surface area contributed by atoms with E-state index in [1.165, 1.54) is 0 Å². The van der Waals surface area contributed by atoms with Crippen LogP contribution in [0.5, 0.6) is 0 Å².